The highest BCUT2D eigenvalue weighted by Gasteiger charge is 2.13. The first-order chi connectivity index (χ1) is 24.8. The Morgan fingerprint density at radius 3 is 1.48 bits per heavy atom. The molecule has 2 aromatic heterocycles. The second kappa shape index (κ2) is 12.7. The molecule has 0 bridgehead atoms. The van der Waals surface area contributed by atoms with Gasteiger partial charge in [0.25, 0.3) is 0 Å². The van der Waals surface area contributed by atoms with E-state index in [0.29, 0.717) is 5.82 Å². The number of hydrogen-bond acceptors (Lipinski definition) is 3. The van der Waals surface area contributed by atoms with Crippen molar-refractivity contribution in [2.45, 2.75) is 0 Å². The van der Waals surface area contributed by atoms with Gasteiger partial charge in [0.05, 0.1) is 11.4 Å². The van der Waals surface area contributed by atoms with Gasteiger partial charge in [-0.1, -0.05) is 158 Å². The summed E-state index contributed by atoms with van der Waals surface area (Å²) in [7, 11) is 0. The highest BCUT2D eigenvalue weighted by atomic mass is 14.9. The van der Waals surface area contributed by atoms with Crippen LogP contribution in [0.4, 0.5) is 0 Å². The van der Waals surface area contributed by atoms with Gasteiger partial charge in [0.1, 0.15) is 0 Å². The molecule has 234 valence electrons. The van der Waals surface area contributed by atoms with E-state index in [2.05, 4.69) is 169 Å². The van der Waals surface area contributed by atoms with Gasteiger partial charge in [-0.3, -0.25) is 4.98 Å². The fourth-order valence-electron chi connectivity index (χ4n) is 6.80. The number of fused-ring (bicyclic) bond motifs is 3. The van der Waals surface area contributed by atoms with Crippen LogP contribution in [0, 0.1) is 0 Å². The van der Waals surface area contributed by atoms with Crippen LogP contribution in [0.1, 0.15) is 0 Å². The highest BCUT2D eigenvalue weighted by Crippen LogP contribution is 2.36. The van der Waals surface area contributed by atoms with Crippen LogP contribution in [0.5, 0.6) is 0 Å². The van der Waals surface area contributed by atoms with Crippen molar-refractivity contribution in [1.29, 1.82) is 0 Å². The van der Waals surface area contributed by atoms with E-state index >= 15 is 0 Å². The van der Waals surface area contributed by atoms with Gasteiger partial charge in [-0.2, -0.15) is 0 Å². The van der Waals surface area contributed by atoms with Crippen LogP contribution >= 0.6 is 0 Å². The normalized spacial score (nSPS) is 11.2. The molecule has 2 heterocycles. The van der Waals surface area contributed by atoms with Gasteiger partial charge in [-0.05, 0) is 73.1 Å². The van der Waals surface area contributed by atoms with Crippen molar-refractivity contribution < 1.29 is 0 Å². The molecule has 0 saturated carbocycles. The molecule has 0 unspecified atom stereocenters. The molecule has 0 N–H and O–H groups in total. The van der Waals surface area contributed by atoms with Crippen LogP contribution in [0.25, 0.3) is 88.8 Å². The minimum absolute atomic E-state index is 0.693. The summed E-state index contributed by atoms with van der Waals surface area (Å²) in [4.78, 5) is 14.5. The first-order valence-electron chi connectivity index (χ1n) is 16.8. The summed E-state index contributed by atoms with van der Waals surface area (Å²) in [6.45, 7) is 0. The van der Waals surface area contributed by atoms with Gasteiger partial charge in [-0.25, -0.2) is 9.97 Å². The quantitative estimate of drug-likeness (QED) is 0.170. The van der Waals surface area contributed by atoms with Crippen molar-refractivity contribution in [3.63, 3.8) is 0 Å². The van der Waals surface area contributed by atoms with Gasteiger partial charge in [0.2, 0.25) is 0 Å². The average Bonchev–Trinajstić information content (AvgIpc) is 3.21. The van der Waals surface area contributed by atoms with E-state index in [1.807, 2.05) is 18.3 Å². The lowest BCUT2D eigenvalue weighted by Crippen LogP contribution is -1.96. The van der Waals surface area contributed by atoms with Crippen molar-refractivity contribution in [2.75, 3.05) is 0 Å². The van der Waals surface area contributed by atoms with Crippen molar-refractivity contribution in [2.24, 2.45) is 0 Å². The van der Waals surface area contributed by atoms with Gasteiger partial charge in [0.15, 0.2) is 5.82 Å². The Morgan fingerprint density at radius 1 is 0.320 bits per heavy atom. The Hall–Kier alpha value is -6.71. The molecule has 9 aromatic rings. The summed E-state index contributed by atoms with van der Waals surface area (Å²) in [6.07, 6.45) is 3.68. The minimum Gasteiger partial charge on any atom is -0.264 e. The first kappa shape index (κ1) is 29.4. The highest BCUT2D eigenvalue weighted by molar-refractivity contribution is 6.13. The van der Waals surface area contributed by atoms with Crippen LogP contribution < -0.4 is 0 Å². The maximum Gasteiger partial charge on any atom is 0.160 e. The maximum atomic E-state index is 5.14. The molecular weight excluding hydrogens is 607 g/mol. The molecule has 0 amide bonds. The lowest BCUT2D eigenvalue weighted by atomic mass is 9.93. The second-order valence-electron chi connectivity index (χ2n) is 12.5. The predicted molar refractivity (Wildman–Crippen MR) is 207 cm³/mol. The standard InChI is InChI=1S/C47H31N3/c1-2-9-32(10-3-1)33-18-26-38(27-19-33)47-49-45(36-22-16-34(17-23-36)40-12-8-28-48-31-40)30-46(50-47)37-24-20-35(21-25-37)44-29-39-11-4-5-13-41(39)42-14-6-7-15-43(42)44/h1-31H. The fraction of sp³-hybridized carbons (Fsp3) is 0. The molecular formula is C47H31N3. The molecule has 0 aliphatic rings. The van der Waals surface area contributed by atoms with Crippen molar-refractivity contribution in [3.05, 3.63) is 188 Å². The minimum atomic E-state index is 0.693. The summed E-state index contributed by atoms with van der Waals surface area (Å²) in [6, 6.07) is 62.0. The lowest BCUT2D eigenvalue weighted by Gasteiger charge is -2.13. The molecule has 3 nitrogen and oxygen atoms in total. The molecule has 0 fully saturated rings. The molecule has 0 aliphatic carbocycles. The molecule has 50 heavy (non-hydrogen) atoms. The van der Waals surface area contributed by atoms with Gasteiger partial charge < -0.3 is 0 Å². The number of benzene rings is 7. The Labute approximate surface area is 291 Å². The monoisotopic (exact) mass is 637 g/mol. The summed E-state index contributed by atoms with van der Waals surface area (Å²) in [5.74, 6) is 0.693. The third-order valence-electron chi connectivity index (χ3n) is 9.41. The van der Waals surface area contributed by atoms with E-state index in [1.165, 1.54) is 38.2 Å². The first-order valence-corrected chi connectivity index (χ1v) is 16.8. The average molecular weight is 638 g/mol. The molecule has 0 atom stereocenters. The van der Waals surface area contributed by atoms with Crippen molar-refractivity contribution in [3.8, 4) is 67.3 Å². The van der Waals surface area contributed by atoms with E-state index in [0.717, 1.165) is 44.8 Å². The second-order valence-corrected chi connectivity index (χ2v) is 12.5. The number of nitrogens with zero attached hydrogens (tertiary/aromatic N) is 3. The van der Waals surface area contributed by atoms with Gasteiger partial charge in [0, 0.05) is 29.1 Å². The van der Waals surface area contributed by atoms with Crippen LogP contribution in [0.3, 0.4) is 0 Å². The molecule has 0 saturated heterocycles. The van der Waals surface area contributed by atoms with Crippen LogP contribution in [0.2, 0.25) is 0 Å². The number of pyridine rings is 1. The Kier molecular flexibility index (Phi) is 7.49. The van der Waals surface area contributed by atoms with Gasteiger partial charge in [-0.15, -0.1) is 0 Å². The van der Waals surface area contributed by atoms with E-state index in [4.69, 9.17) is 9.97 Å². The van der Waals surface area contributed by atoms with E-state index < -0.39 is 0 Å². The Bertz CT molecular complexity index is 2490. The van der Waals surface area contributed by atoms with Crippen LogP contribution in [0.15, 0.2) is 188 Å². The zero-order valence-corrected chi connectivity index (χ0v) is 27.2. The van der Waals surface area contributed by atoms with E-state index in [1.54, 1.807) is 6.20 Å². The third-order valence-corrected chi connectivity index (χ3v) is 9.41. The van der Waals surface area contributed by atoms with E-state index in [-0.39, 0.29) is 0 Å². The largest absolute Gasteiger partial charge is 0.264 e. The Morgan fingerprint density at radius 2 is 0.820 bits per heavy atom. The van der Waals surface area contributed by atoms with Crippen LogP contribution in [-0.2, 0) is 0 Å². The maximum absolute atomic E-state index is 5.14. The van der Waals surface area contributed by atoms with Gasteiger partial charge >= 0.3 is 0 Å². The number of hydrogen-bond donors (Lipinski definition) is 0. The molecule has 0 aliphatic heterocycles. The topological polar surface area (TPSA) is 38.7 Å². The van der Waals surface area contributed by atoms with Crippen molar-refractivity contribution in [1.82, 2.24) is 15.0 Å². The third kappa shape index (κ3) is 5.61. The predicted octanol–water partition coefficient (Wildman–Crippen LogP) is 12.2. The summed E-state index contributed by atoms with van der Waals surface area (Å²) < 4.78 is 0. The molecule has 0 radical (unpaired) electrons. The van der Waals surface area contributed by atoms with E-state index in [9.17, 15) is 0 Å². The zero-order valence-electron chi connectivity index (χ0n) is 27.2. The summed E-state index contributed by atoms with van der Waals surface area (Å²) in [5.41, 5.74) is 11.7. The Balaban J connectivity index is 1.13. The zero-order chi connectivity index (χ0) is 33.3. The summed E-state index contributed by atoms with van der Waals surface area (Å²) >= 11 is 0. The molecule has 9 rings (SSSR count). The smallest absolute Gasteiger partial charge is 0.160 e. The molecule has 3 heteroatoms. The summed E-state index contributed by atoms with van der Waals surface area (Å²) in [5, 5.41) is 5.03. The molecule has 7 aromatic carbocycles. The van der Waals surface area contributed by atoms with Crippen LogP contribution in [-0.4, -0.2) is 15.0 Å². The lowest BCUT2D eigenvalue weighted by molar-refractivity contribution is 1.18. The SMILES string of the molecule is c1ccc(-c2ccc(-c3nc(-c4ccc(-c5cccnc5)cc4)cc(-c4ccc(-c5cc6ccccc6c6ccccc56)cc4)n3)cc2)cc1. The fourth-order valence-corrected chi connectivity index (χ4v) is 6.80. The molecule has 0 spiro atoms. The van der Waals surface area contributed by atoms with Crippen molar-refractivity contribution >= 4 is 21.5 Å². The number of rotatable bonds is 6. The number of aromatic nitrogens is 3.